The zero-order chi connectivity index (χ0) is 13.1. The first kappa shape index (κ1) is 15.9. The molecule has 0 radical (unpaired) electrons. The summed E-state index contributed by atoms with van der Waals surface area (Å²) in [5, 5.41) is 11.4. The van der Waals surface area contributed by atoms with Crippen LogP contribution in [0, 0.1) is 0 Å². The van der Waals surface area contributed by atoms with Crippen LogP contribution in [-0.2, 0) is 14.3 Å². The third-order valence-corrected chi connectivity index (χ3v) is 2.30. The predicted octanol–water partition coefficient (Wildman–Crippen LogP) is 1.56. The minimum absolute atomic E-state index is 0.218. The Balaban J connectivity index is 3.83. The van der Waals surface area contributed by atoms with Crippen LogP contribution in [0.4, 0.5) is 0 Å². The van der Waals surface area contributed by atoms with Crippen molar-refractivity contribution in [1.29, 1.82) is 0 Å². The summed E-state index contributed by atoms with van der Waals surface area (Å²) in [5.41, 5.74) is 0. The zero-order valence-corrected chi connectivity index (χ0v) is 10.7. The SMILES string of the molecule is CCCCC(NC(=O)CCOCCC)C(=O)O. The van der Waals surface area contributed by atoms with E-state index in [-0.39, 0.29) is 12.3 Å². The standard InChI is InChI=1S/C12H23NO4/c1-3-5-6-10(12(15)16)13-11(14)7-9-17-8-4-2/h10H,3-9H2,1-2H3,(H,13,14)(H,15,16). The number of unbranched alkanes of at least 4 members (excludes halogenated alkanes) is 1. The van der Waals surface area contributed by atoms with E-state index in [0.717, 1.165) is 19.3 Å². The lowest BCUT2D eigenvalue weighted by atomic mass is 10.1. The smallest absolute Gasteiger partial charge is 0.326 e. The number of hydrogen-bond donors (Lipinski definition) is 2. The lowest BCUT2D eigenvalue weighted by Crippen LogP contribution is -2.41. The van der Waals surface area contributed by atoms with E-state index < -0.39 is 12.0 Å². The Hall–Kier alpha value is -1.10. The number of amides is 1. The molecule has 0 aromatic heterocycles. The minimum atomic E-state index is -0.971. The van der Waals surface area contributed by atoms with Gasteiger partial charge in [-0.25, -0.2) is 4.79 Å². The quantitative estimate of drug-likeness (QED) is 0.573. The van der Waals surface area contributed by atoms with Gasteiger partial charge in [-0.15, -0.1) is 0 Å². The lowest BCUT2D eigenvalue weighted by Gasteiger charge is -2.13. The molecule has 1 unspecified atom stereocenters. The fraction of sp³-hybridized carbons (Fsp3) is 0.833. The van der Waals surface area contributed by atoms with E-state index in [1.54, 1.807) is 0 Å². The molecule has 5 heteroatoms. The van der Waals surface area contributed by atoms with Crippen LogP contribution >= 0.6 is 0 Å². The highest BCUT2D eigenvalue weighted by Crippen LogP contribution is 2.01. The van der Waals surface area contributed by atoms with Crippen LogP contribution in [-0.4, -0.2) is 36.2 Å². The highest BCUT2D eigenvalue weighted by molar-refractivity contribution is 5.83. The maximum Gasteiger partial charge on any atom is 0.326 e. The molecule has 0 saturated carbocycles. The first-order valence-electron chi connectivity index (χ1n) is 6.21. The molecule has 0 saturated heterocycles. The highest BCUT2D eigenvalue weighted by atomic mass is 16.5. The van der Waals surface area contributed by atoms with Gasteiger partial charge in [0.2, 0.25) is 5.91 Å². The summed E-state index contributed by atoms with van der Waals surface area (Å²) in [6.45, 7) is 4.95. The van der Waals surface area contributed by atoms with Gasteiger partial charge < -0.3 is 15.2 Å². The van der Waals surface area contributed by atoms with Crippen LogP contribution in [0.5, 0.6) is 0 Å². The first-order valence-corrected chi connectivity index (χ1v) is 6.21. The summed E-state index contributed by atoms with van der Waals surface area (Å²) in [6, 6.07) is -0.770. The number of carboxylic acid groups (broad SMARTS) is 1. The Bertz CT molecular complexity index is 231. The molecular weight excluding hydrogens is 222 g/mol. The van der Waals surface area contributed by atoms with Crippen molar-refractivity contribution in [2.45, 2.75) is 52.0 Å². The third kappa shape index (κ3) is 8.68. The number of hydrogen-bond acceptors (Lipinski definition) is 3. The van der Waals surface area contributed by atoms with Gasteiger partial charge in [-0.05, 0) is 12.8 Å². The molecule has 0 bridgehead atoms. The monoisotopic (exact) mass is 245 g/mol. The summed E-state index contributed by atoms with van der Waals surface area (Å²) < 4.78 is 5.17. The van der Waals surface area contributed by atoms with Crippen LogP contribution in [0.2, 0.25) is 0 Å². The van der Waals surface area contributed by atoms with Gasteiger partial charge >= 0.3 is 5.97 Å². The largest absolute Gasteiger partial charge is 0.480 e. The summed E-state index contributed by atoms with van der Waals surface area (Å²) in [7, 11) is 0. The number of rotatable bonds is 10. The van der Waals surface area contributed by atoms with E-state index in [0.29, 0.717) is 19.6 Å². The van der Waals surface area contributed by atoms with Crippen LogP contribution in [0.15, 0.2) is 0 Å². The van der Waals surface area contributed by atoms with Crippen LogP contribution in [0.3, 0.4) is 0 Å². The second-order valence-electron chi connectivity index (χ2n) is 3.96. The molecule has 5 nitrogen and oxygen atoms in total. The molecule has 0 rings (SSSR count). The van der Waals surface area contributed by atoms with Crippen LogP contribution < -0.4 is 5.32 Å². The number of carboxylic acids is 1. The molecule has 0 aromatic rings. The Labute approximate surface area is 103 Å². The van der Waals surface area contributed by atoms with Crippen molar-refractivity contribution in [1.82, 2.24) is 5.32 Å². The molecule has 100 valence electrons. The van der Waals surface area contributed by atoms with Crippen molar-refractivity contribution in [3.8, 4) is 0 Å². The number of carbonyl (C=O) groups excluding carboxylic acids is 1. The Morgan fingerprint density at radius 3 is 2.47 bits per heavy atom. The number of ether oxygens (including phenoxy) is 1. The number of aliphatic carboxylic acids is 1. The van der Waals surface area contributed by atoms with Crippen molar-refractivity contribution in [3.05, 3.63) is 0 Å². The van der Waals surface area contributed by atoms with Crippen molar-refractivity contribution in [2.24, 2.45) is 0 Å². The molecule has 0 heterocycles. The summed E-state index contributed by atoms with van der Waals surface area (Å²) in [6.07, 6.45) is 3.32. The van der Waals surface area contributed by atoms with Gasteiger partial charge in [0.15, 0.2) is 0 Å². The topological polar surface area (TPSA) is 75.6 Å². The molecule has 0 aromatic carbocycles. The van der Waals surface area contributed by atoms with E-state index in [2.05, 4.69) is 5.32 Å². The maximum absolute atomic E-state index is 11.4. The molecule has 0 aliphatic heterocycles. The molecule has 0 aliphatic rings. The lowest BCUT2D eigenvalue weighted by molar-refractivity contribution is -0.142. The van der Waals surface area contributed by atoms with Gasteiger partial charge in [0.25, 0.3) is 0 Å². The maximum atomic E-state index is 11.4. The fourth-order valence-electron chi connectivity index (χ4n) is 1.34. The molecule has 0 aliphatic carbocycles. The second kappa shape index (κ2) is 10.1. The third-order valence-electron chi connectivity index (χ3n) is 2.30. The zero-order valence-electron chi connectivity index (χ0n) is 10.7. The molecule has 1 atom stereocenters. The minimum Gasteiger partial charge on any atom is -0.480 e. The van der Waals surface area contributed by atoms with E-state index in [1.807, 2.05) is 13.8 Å². The molecule has 2 N–H and O–H groups in total. The Morgan fingerprint density at radius 1 is 1.24 bits per heavy atom. The van der Waals surface area contributed by atoms with Gasteiger partial charge in [-0.2, -0.15) is 0 Å². The van der Waals surface area contributed by atoms with Gasteiger partial charge in [-0.3, -0.25) is 4.79 Å². The molecule has 1 amide bonds. The van der Waals surface area contributed by atoms with Crippen molar-refractivity contribution < 1.29 is 19.4 Å². The Morgan fingerprint density at radius 2 is 1.94 bits per heavy atom. The average molecular weight is 245 g/mol. The fourth-order valence-corrected chi connectivity index (χ4v) is 1.34. The van der Waals surface area contributed by atoms with Gasteiger partial charge in [0, 0.05) is 13.0 Å². The van der Waals surface area contributed by atoms with E-state index in [4.69, 9.17) is 9.84 Å². The van der Waals surface area contributed by atoms with E-state index >= 15 is 0 Å². The summed E-state index contributed by atoms with van der Waals surface area (Å²) >= 11 is 0. The van der Waals surface area contributed by atoms with E-state index in [9.17, 15) is 9.59 Å². The molecule has 17 heavy (non-hydrogen) atoms. The van der Waals surface area contributed by atoms with Crippen LogP contribution in [0.1, 0.15) is 46.0 Å². The van der Waals surface area contributed by atoms with Gasteiger partial charge in [0.1, 0.15) is 6.04 Å². The van der Waals surface area contributed by atoms with Crippen molar-refractivity contribution in [3.63, 3.8) is 0 Å². The molecule has 0 spiro atoms. The van der Waals surface area contributed by atoms with Crippen molar-refractivity contribution >= 4 is 11.9 Å². The van der Waals surface area contributed by atoms with Crippen molar-refractivity contribution in [2.75, 3.05) is 13.2 Å². The summed E-state index contributed by atoms with van der Waals surface area (Å²) in [5.74, 6) is -1.23. The molecule has 0 fully saturated rings. The normalized spacial score (nSPS) is 12.1. The molecular formula is C12H23NO4. The first-order chi connectivity index (χ1) is 8.11. The van der Waals surface area contributed by atoms with Gasteiger partial charge in [-0.1, -0.05) is 26.7 Å². The second-order valence-corrected chi connectivity index (χ2v) is 3.96. The highest BCUT2D eigenvalue weighted by Gasteiger charge is 2.18. The number of nitrogens with one attached hydrogen (secondary N) is 1. The Kier molecular flexibility index (Phi) is 9.43. The average Bonchev–Trinajstić information content (AvgIpc) is 2.29. The predicted molar refractivity (Wildman–Crippen MR) is 64.8 cm³/mol. The van der Waals surface area contributed by atoms with Gasteiger partial charge in [0.05, 0.1) is 6.61 Å². The summed E-state index contributed by atoms with van der Waals surface area (Å²) in [4.78, 5) is 22.3. The van der Waals surface area contributed by atoms with E-state index in [1.165, 1.54) is 0 Å². The van der Waals surface area contributed by atoms with Crippen LogP contribution in [0.25, 0.3) is 0 Å². The number of carbonyl (C=O) groups is 2.